The molecule has 0 aliphatic heterocycles. The Morgan fingerprint density at radius 1 is 1.24 bits per heavy atom. The third kappa shape index (κ3) is 3.33. The summed E-state index contributed by atoms with van der Waals surface area (Å²) in [7, 11) is 0. The molecule has 0 saturated carbocycles. The lowest BCUT2D eigenvalue weighted by atomic mass is 10.0. The Labute approximate surface area is 136 Å². The second-order valence-electron chi connectivity index (χ2n) is 5.00. The Hall–Kier alpha value is -0.850. The van der Waals surface area contributed by atoms with Crippen LogP contribution in [-0.2, 0) is 12.8 Å². The van der Waals surface area contributed by atoms with Crippen LogP contribution in [-0.4, -0.2) is 27.5 Å². The van der Waals surface area contributed by atoms with Gasteiger partial charge in [0.15, 0.2) is 14.5 Å². The van der Waals surface area contributed by atoms with E-state index in [2.05, 4.69) is 22.3 Å². The summed E-state index contributed by atoms with van der Waals surface area (Å²) in [5, 5.41) is 8.05. The van der Waals surface area contributed by atoms with E-state index >= 15 is 0 Å². The molecule has 0 N–H and O–H groups in total. The van der Waals surface area contributed by atoms with Crippen molar-refractivity contribution >= 4 is 40.6 Å². The predicted octanol–water partition coefficient (Wildman–Crippen LogP) is 4.11. The Bertz CT molecular complexity index is 669. The molecule has 1 aromatic heterocycles. The number of aryl methyl sites for hydroxylation is 2. The fraction of sp³-hybridized carbons (Fsp3) is 0.400. The molecule has 1 aliphatic rings. The Kier molecular flexibility index (Phi) is 4.66. The third-order valence-corrected chi connectivity index (χ3v) is 6.68. The lowest BCUT2D eigenvalue weighted by Crippen LogP contribution is -2.13. The molecule has 3 rings (SSSR count). The van der Waals surface area contributed by atoms with Gasteiger partial charge in [-0.25, -0.2) is 0 Å². The van der Waals surface area contributed by atoms with Crippen molar-refractivity contribution < 1.29 is 4.79 Å². The maximum atomic E-state index is 12.6. The number of benzene rings is 1. The monoisotopic (exact) mass is 336 g/mol. The van der Waals surface area contributed by atoms with Gasteiger partial charge in [-0.15, -0.1) is 10.2 Å². The average molecular weight is 337 g/mol. The molecule has 110 valence electrons. The molecule has 0 bridgehead atoms. The number of rotatable bonds is 5. The molecule has 21 heavy (non-hydrogen) atoms. The van der Waals surface area contributed by atoms with Crippen molar-refractivity contribution in [3.05, 3.63) is 34.9 Å². The van der Waals surface area contributed by atoms with Crippen molar-refractivity contribution in [2.45, 2.75) is 40.1 Å². The van der Waals surface area contributed by atoms with Crippen LogP contribution in [0.25, 0.3) is 0 Å². The van der Waals surface area contributed by atoms with Crippen LogP contribution >= 0.6 is 34.9 Å². The molecule has 0 unspecified atom stereocenters. The lowest BCUT2D eigenvalue weighted by molar-refractivity contribution is 0.0994. The van der Waals surface area contributed by atoms with Gasteiger partial charge in [0.2, 0.25) is 0 Å². The van der Waals surface area contributed by atoms with E-state index in [-0.39, 0.29) is 11.0 Å². The molecule has 1 aliphatic carbocycles. The molecule has 0 fully saturated rings. The first-order valence-electron chi connectivity index (χ1n) is 6.87. The number of hydrogen-bond donors (Lipinski definition) is 0. The van der Waals surface area contributed by atoms with Crippen molar-refractivity contribution in [1.29, 1.82) is 0 Å². The number of carbonyl (C=O) groups excluding carboxylic acids is 1. The minimum Gasteiger partial charge on any atom is -0.293 e. The van der Waals surface area contributed by atoms with Gasteiger partial charge in [0.1, 0.15) is 0 Å². The van der Waals surface area contributed by atoms with Gasteiger partial charge in [0.05, 0.1) is 5.25 Å². The number of thioether (sulfide) groups is 2. The number of hydrogen-bond acceptors (Lipinski definition) is 6. The van der Waals surface area contributed by atoms with E-state index in [1.807, 2.05) is 19.2 Å². The molecule has 1 heterocycles. The van der Waals surface area contributed by atoms with Crippen LogP contribution in [0.5, 0.6) is 0 Å². The van der Waals surface area contributed by atoms with Crippen LogP contribution in [0, 0.1) is 0 Å². The molecule has 1 aromatic carbocycles. The van der Waals surface area contributed by atoms with Crippen molar-refractivity contribution in [3.63, 3.8) is 0 Å². The summed E-state index contributed by atoms with van der Waals surface area (Å²) in [6.45, 7) is 1.94. The van der Waals surface area contributed by atoms with E-state index in [0.29, 0.717) is 0 Å². The van der Waals surface area contributed by atoms with Gasteiger partial charge >= 0.3 is 0 Å². The maximum absolute atomic E-state index is 12.6. The first-order valence-corrected chi connectivity index (χ1v) is 9.79. The van der Waals surface area contributed by atoms with Gasteiger partial charge in [-0.1, -0.05) is 47.0 Å². The summed E-state index contributed by atoms with van der Waals surface area (Å²) in [6, 6.07) is 6.16. The number of carbonyl (C=O) groups is 1. The zero-order valence-corrected chi connectivity index (χ0v) is 14.4. The van der Waals surface area contributed by atoms with Crippen molar-refractivity contribution in [2.24, 2.45) is 0 Å². The summed E-state index contributed by atoms with van der Waals surface area (Å²) in [6.07, 6.45) is 5.44. The number of aromatic nitrogens is 2. The van der Waals surface area contributed by atoms with E-state index in [4.69, 9.17) is 0 Å². The predicted molar refractivity (Wildman–Crippen MR) is 89.8 cm³/mol. The first kappa shape index (κ1) is 15.1. The lowest BCUT2D eigenvalue weighted by Gasteiger charge is -2.09. The normalized spacial score (nSPS) is 15.0. The van der Waals surface area contributed by atoms with Crippen LogP contribution in [0.2, 0.25) is 0 Å². The van der Waals surface area contributed by atoms with Gasteiger partial charge in [-0.05, 0) is 49.6 Å². The molecule has 0 spiro atoms. The summed E-state index contributed by atoms with van der Waals surface area (Å²) >= 11 is 4.63. The number of fused-ring (bicyclic) bond motifs is 1. The largest absolute Gasteiger partial charge is 0.293 e. The van der Waals surface area contributed by atoms with Crippen LogP contribution in [0.1, 0.15) is 34.8 Å². The maximum Gasteiger partial charge on any atom is 0.175 e. The molecule has 1 atom stereocenters. The van der Waals surface area contributed by atoms with E-state index < -0.39 is 0 Å². The fourth-order valence-electron chi connectivity index (χ4n) is 2.49. The Morgan fingerprint density at radius 2 is 2.00 bits per heavy atom. The van der Waals surface area contributed by atoms with E-state index in [9.17, 15) is 4.79 Å². The molecular formula is C15H16N2OS3. The highest BCUT2D eigenvalue weighted by Crippen LogP contribution is 2.32. The van der Waals surface area contributed by atoms with E-state index in [1.54, 1.807) is 23.1 Å². The highest BCUT2D eigenvalue weighted by Gasteiger charge is 2.20. The molecular weight excluding hydrogens is 320 g/mol. The number of ketones is 1. The zero-order chi connectivity index (χ0) is 14.8. The highest BCUT2D eigenvalue weighted by atomic mass is 32.2. The summed E-state index contributed by atoms with van der Waals surface area (Å²) in [5.74, 6) is 0.176. The smallest absolute Gasteiger partial charge is 0.175 e. The molecule has 6 heteroatoms. The van der Waals surface area contributed by atoms with Gasteiger partial charge in [-0.2, -0.15) is 0 Å². The first-order chi connectivity index (χ1) is 10.2. The fourth-order valence-corrected chi connectivity index (χ4v) is 5.15. The topological polar surface area (TPSA) is 42.9 Å². The number of nitrogens with zero attached hydrogens (tertiary/aromatic N) is 2. The highest BCUT2D eigenvalue weighted by molar-refractivity contribution is 8.03. The van der Waals surface area contributed by atoms with Crippen molar-refractivity contribution in [3.8, 4) is 0 Å². The molecule has 0 saturated heterocycles. The quantitative estimate of drug-likeness (QED) is 0.607. The third-order valence-electron chi connectivity index (χ3n) is 3.59. The molecule has 0 radical (unpaired) electrons. The second-order valence-corrected chi connectivity index (χ2v) is 8.62. The molecule has 2 aromatic rings. The van der Waals surface area contributed by atoms with Gasteiger partial charge in [-0.3, -0.25) is 4.79 Å². The van der Waals surface area contributed by atoms with Crippen LogP contribution in [0.3, 0.4) is 0 Å². The Morgan fingerprint density at radius 3 is 2.76 bits per heavy atom. The van der Waals surface area contributed by atoms with Gasteiger partial charge in [0.25, 0.3) is 0 Å². The van der Waals surface area contributed by atoms with Crippen LogP contribution < -0.4 is 0 Å². The van der Waals surface area contributed by atoms with E-state index in [1.165, 1.54) is 29.3 Å². The molecule has 0 amide bonds. The minimum absolute atomic E-state index is 0.132. The molecule has 3 nitrogen and oxygen atoms in total. The zero-order valence-electron chi connectivity index (χ0n) is 12.0. The average Bonchev–Trinajstić information content (AvgIpc) is 3.13. The minimum atomic E-state index is -0.132. The van der Waals surface area contributed by atoms with Crippen molar-refractivity contribution in [2.75, 3.05) is 6.26 Å². The Balaban J connectivity index is 1.72. The van der Waals surface area contributed by atoms with Crippen LogP contribution in [0.15, 0.2) is 26.9 Å². The van der Waals surface area contributed by atoms with Gasteiger partial charge in [0, 0.05) is 5.56 Å². The standard InChI is InChI=1S/C15H16N2OS3/c1-9(20-15-17-16-14(19-2)21-15)13(18)12-7-6-10-4-3-5-11(10)8-12/h6-9H,3-5H2,1-2H3/t9-/m0/s1. The summed E-state index contributed by atoms with van der Waals surface area (Å²) in [5.41, 5.74) is 3.57. The summed E-state index contributed by atoms with van der Waals surface area (Å²) in [4.78, 5) is 12.6. The summed E-state index contributed by atoms with van der Waals surface area (Å²) < 4.78 is 1.80. The number of Topliss-reactive ketones (excluding diaryl/α,β-unsaturated/α-hetero) is 1. The SMILES string of the molecule is CSc1nnc(S[C@@H](C)C(=O)c2ccc3c(c2)CCC3)s1. The van der Waals surface area contributed by atoms with E-state index in [0.717, 1.165) is 27.1 Å². The second kappa shape index (κ2) is 6.50. The van der Waals surface area contributed by atoms with Crippen LogP contribution in [0.4, 0.5) is 0 Å². The van der Waals surface area contributed by atoms with Crippen molar-refractivity contribution in [1.82, 2.24) is 10.2 Å². The van der Waals surface area contributed by atoms with Gasteiger partial charge < -0.3 is 0 Å².